The standard InChI is InChI=1S/C31H49NO/c1-20(2)21-10-15-31(32-18-19-32)17-16-29(6)22(26(21)31)8-9-24-28(5)13-12-25(33)27(3,4)23(28)11-14-30(24,29)7/h21-24,26H,1,8-19H2,2-7H3. The lowest BCUT2D eigenvalue weighted by atomic mass is 9.32. The molecule has 9 atom stereocenters. The van der Waals surface area contributed by atoms with E-state index in [9.17, 15) is 4.79 Å². The summed E-state index contributed by atoms with van der Waals surface area (Å²) >= 11 is 0. The van der Waals surface area contributed by atoms with E-state index < -0.39 is 0 Å². The molecule has 9 unspecified atom stereocenters. The second kappa shape index (κ2) is 6.77. The van der Waals surface area contributed by atoms with Crippen LogP contribution in [0, 0.1) is 51.2 Å². The molecule has 1 heterocycles. The minimum absolute atomic E-state index is 0.135. The first kappa shape index (κ1) is 22.8. The second-order valence-corrected chi connectivity index (χ2v) is 14.9. The molecule has 0 spiro atoms. The molecule has 2 nitrogen and oxygen atoms in total. The zero-order valence-corrected chi connectivity index (χ0v) is 22.4. The van der Waals surface area contributed by atoms with Gasteiger partial charge < -0.3 is 0 Å². The lowest BCUT2D eigenvalue weighted by molar-refractivity contribution is -0.231. The molecule has 5 saturated carbocycles. The Balaban J connectivity index is 1.40. The van der Waals surface area contributed by atoms with E-state index in [1.807, 2.05) is 0 Å². The summed E-state index contributed by atoms with van der Waals surface area (Å²) < 4.78 is 0. The molecule has 5 aliphatic carbocycles. The number of carbonyl (C=O) groups is 1. The van der Waals surface area contributed by atoms with Gasteiger partial charge in [0.2, 0.25) is 0 Å². The van der Waals surface area contributed by atoms with Crippen molar-refractivity contribution in [2.24, 2.45) is 51.2 Å². The third kappa shape index (κ3) is 2.63. The Morgan fingerprint density at radius 3 is 2.24 bits per heavy atom. The number of hydrogen-bond donors (Lipinski definition) is 0. The van der Waals surface area contributed by atoms with Gasteiger partial charge in [0.05, 0.1) is 0 Å². The van der Waals surface area contributed by atoms with Gasteiger partial charge in [-0.25, -0.2) is 0 Å². The van der Waals surface area contributed by atoms with E-state index in [-0.39, 0.29) is 5.41 Å². The maximum Gasteiger partial charge on any atom is 0.138 e. The summed E-state index contributed by atoms with van der Waals surface area (Å²) in [6, 6.07) is 0. The summed E-state index contributed by atoms with van der Waals surface area (Å²) in [6.45, 7) is 22.2. The lowest BCUT2D eigenvalue weighted by Crippen LogP contribution is -2.67. The first-order valence-corrected chi connectivity index (χ1v) is 14.4. The number of fused-ring (bicyclic) bond motifs is 7. The van der Waals surface area contributed by atoms with E-state index in [4.69, 9.17) is 0 Å². The topological polar surface area (TPSA) is 20.1 Å². The van der Waals surface area contributed by atoms with Gasteiger partial charge in [-0.05, 0) is 111 Å². The molecule has 0 bridgehead atoms. The van der Waals surface area contributed by atoms with E-state index in [1.165, 1.54) is 70.0 Å². The highest BCUT2D eigenvalue weighted by atomic mass is 16.1. The van der Waals surface area contributed by atoms with Gasteiger partial charge in [-0.1, -0.05) is 46.8 Å². The predicted octanol–water partition coefficient (Wildman–Crippen LogP) is 7.28. The number of rotatable bonds is 2. The highest BCUT2D eigenvalue weighted by Gasteiger charge is 2.72. The van der Waals surface area contributed by atoms with Crippen molar-refractivity contribution in [3.8, 4) is 0 Å². The van der Waals surface area contributed by atoms with Crippen LogP contribution >= 0.6 is 0 Å². The van der Waals surface area contributed by atoms with Crippen molar-refractivity contribution in [3.63, 3.8) is 0 Å². The van der Waals surface area contributed by atoms with Gasteiger partial charge >= 0.3 is 0 Å². The van der Waals surface area contributed by atoms with E-state index in [2.05, 4.69) is 53.0 Å². The maximum absolute atomic E-state index is 13.0. The summed E-state index contributed by atoms with van der Waals surface area (Å²) in [6.07, 6.45) is 13.0. The molecule has 0 radical (unpaired) electrons. The fourth-order valence-corrected chi connectivity index (χ4v) is 11.9. The van der Waals surface area contributed by atoms with Crippen molar-refractivity contribution in [3.05, 3.63) is 12.2 Å². The molecule has 184 valence electrons. The Morgan fingerprint density at radius 1 is 0.848 bits per heavy atom. The van der Waals surface area contributed by atoms with Crippen LogP contribution in [0.15, 0.2) is 12.2 Å². The molecule has 1 saturated heterocycles. The summed E-state index contributed by atoms with van der Waals surface area (Å²) in [7, 11) is 0. The fourth-order valence-electron chi connectivity index (χ4n) is 11.9. The van der Waals surface area contributed by atoms with Crippen LogP contribution in [0.25, 0.3) is 0 Å². The average molecular weight is 452 g/mol. The number of allylic oxidation sites excluding steroid dienone is 1. The number of Topliss-reactive ketones (excluding diaryl/α,β-unsaturated/α-hetero) is 1. The molecule has 0 aromatic heterocycles. The van der Waals surface area contributed by atoms with Gasteiger partial charge in [0.1, 0.15) is 5.78 Å². The Bertz CT molecular complexity index is 885. The Morgan fingerprint density at radius 2 is 1.58 bits per heavy atom. The van der Waals surface area contributed by atoms with E-state index in [1.54, 1.807) is 0 Å². The van der Waals surface area contributed by atoms with Crippen LogP contribution < -0.4 is 0 Å². The van der Waals surface area contributed by atoms with Gasteiger partial charge in [0, 0.05) is 30.5 Å². The van der Waals surface area contributed by atoms with Gasteiger partial charge in [0.15, 0.2) is 0 Å². The van der Waals surface area contributed by atoms with Crippen molar-refractivity contribution in [1.29, 1.82) is 0 Å². The molecule has 1 aliphatic heterocycles. The first-order valence-electron chi connectivity index (χ1n) is 14.4. The molecule has 6 rings (SSSR count). The number of hydrogen-bond acceptors (Lipinski definition) is 2. The van der Waals surface area contributed by atoms with Gasteiger partial charge in [-0.2, -0.15) is 0 Å². The normalized spacial score (nSPS) is 55.2. The molecule has 6 fully saturated rings. The SMILES string of the molecule is C=C(C)C1CCC2(N3CC3)CCC3(C)C(CCC4C5(C)CCC(=O)C(C)(C)C5CCC43C)C12. The summed E-state index contributed by atoms with van der Waals surface area (Å²) in [4.78, 5) is 15.8. The highest BCUT2D eigenvalue weighted by molar-refractivity contribution is 5.85. The quantitative estimate of drug-likeness (QED) is 0.325. The summed E-state index contributed by atoms with van der Waals surface area (Å²) in [5.41, 5.74) is 2.98. The summed E-state index contributed by atoms with van der Waals surface area (Å²) in [5.74, 6) is 4.27. The highest BCUT2D eigenvalue weighted by Crippen LogP contribution is 2.76. The minimum atomic E-state index is -0.135. The van der Waals surface area contributed by atoms with E-state index in [0.29, 0.717) is 33.5 Å². The zero-order valence-electron chi connectivity index (χ0n) is 22.4. The number of nitrogens with zero attached hydrogens (tertiary/aromatic N) is 1. The Labute approximate surface area is 203 Å². The summed E-state index contributed by atoms with van der Waals surface area (Å²) in [5, 5.41) is 0. The van der Waals surface area contributed by atoms with Crippen molar-refractivity contribution < 1.29 is 4.79 Å². The lowest BCUT2D eigenvalue weighted by Gasteiger charge is -2.72. The van der Waals surface area contributed by atoms with Crippen LogP contribution in [0.5, 0.6) is 0 Å². The van der Waals surface area contributed by atoms with Crippen LogP contribution in [-0.4, -0.2) is 29.3 Å². The molecular weight excluding hydrogens is 402 g/mol. The molecule has 0 aromatic rings. The number of ketones is 1. The van der Waals surface area contributed by atoms with E-state index >= 15 is 0 Å². The van der Waals surface area contributed by atoms with Crippen LogP contribution in [0.4, 0.5) is 0 Å². The average Bonchev–Trinajstić information content (AvgIpc) is 3.52. The second-order valence-electron chi connectivity index (χ2n) is 14.9. The maximum atomic E-state index is 13.0. The van der Waals surface area contributed by atoms with Crippen molar-refractivity contribution in [2.45, 2.75) is 111 Å². The van der Waals surface area contributed by atoms with Crippen LogP contribution in [0.2, 0.25) is 0 Å². The third-order valence-corrected chi connectivity index (χ3v) is 13.8. The van der Waals surface area contributed by atoms with Gasteiger partial charge in [0.25, 0.3) is 0 Å². The first-order chi connectivity index (χ1) is 15.4. The largest absolute Gasteiger partial charge is 0.299 e. The molecule has 6 aliphatic rings. The van der Waals surface area contributed by atoms with E-state index in [0.717, 1.165) is 36.5 Å². The van der Waals surface area contributed by atoms with Crippen molar-refractivity contribution in [1.82, 2.24) is 4.90 Å². The fraction of sp³-hybridized carbons (Fsp3) is 0.903. The smallest absolute Gasteiger partial charge is 0.138 e. The number of carbonyl (C=O) groups excluding carboxylic acids is 1. The molecule has 33 heavy (non-hydrogen) atoms. The minimum Gasteiger partial charge on any atom is -0.299 e. The molecule has 0 N–H and O–H groups in total. The zero-order chi connectivity index (χ0) is 23.6. The van der Waals surface area contributed by atoms with Gasteiger partial charge in [-0.3, -0.25) is 9.69 Å². The molecule has 2 heteroatoms. The predicted molar refractivity (Wildman–Crippen MR) is 136 cm³/mol. The van der Waals surface area contributed by atoms with Crippen LogP contribution in [0.1, 0.15) is 106 Å². The molecule has 0 amide bonds. The van der Waals surface area contributed by atoms with Crippen LogP contribution in [-0.2, 0) is 4.79 Å². The Kier molecular flexibility index (Phi) is 4.68. The van der Waals surface area contributed by atoms with Crippen molar-refractivity contribution >= 4 is 5.78 Å². The van der Waals surface area contributed by atoms with Crippen LogP contribution in [0.3, 0.4) is 0 Å². The monoisotopic (exact) mass is 451 g/mol. The van der Waals surface area contributed by atoms with Gasteiger partial charge in [-0.15, -0.1) is 0 Å². The van der Waals surface area contributed by atoms with Crippen molar-refractivity contribution in [2.75, 3.05) is 13.1 Å². The molecular formula is C31H49NO. The third-order valence-electron chi connectivity index (χ3n) is 13.8. The Hall–Kier alpha value is -0.630. The molecule has 0 aromatic carbocycles.